The van der Waals surface area contributed by atoms with Crippen LogP contribution in [-0.2, 0) is 6.42 Å². The molecule has 1 fully saturated rings. The van der Waals surface area contributed by atoms with Crippen molar-refractivity contribution in [1.82, 2.24) is 9.55 Å². The molecule has 1 saturated carbocycles. The molecule has 1 aromatic heterocycles. The fraction of sp³-hybridized carbons (Fsp3) is 0.462. The maximum Gasteiger partial charge on any atom is 0.125 e. The third-order valence-electron chi connectivity index (χ3n) is 3.24. The van der Waals surface area contributed by atoms with Crippen LogP contribution in [0.2, 0.25) is 0 Å². The van der Waals surface area contributed by atoms with Crippen LogP contribution in [0.1, 0.15) is 31.1 Å². The Labute approximate surface area is 99.4 Å². The van der Waals surface area contributed by atoms with E-state index in [-0.39, 0.29) is 5.82 Å². The Bertz CT molecular complexity index is 543. The van der Waals surface area contributed by atoms with Crippen LogP contribution in [0.15, 0.2) is 18.2 Å². The van der Waals surface area contributed by atoms with E-state index in [1.165, 1.54) is 25.0 Å². The minimum Gasteiger partial charge on any atom is -0.330 e. The van der Waals surface area contributed by atoms with Gasteiger partial charge in [0, 0.05) is 18.5 Å². The summed E-state index contributed by atoms with van der Waals surface area (Å²) in [4.78, 5) is 4.54. The van der Waals surface area contributed by atoms with E-state index in [9.17, 15) is 4.39 Å². The summed E-state index contributed by atoms with van der Waals surface area (Å²) in [5, 5.41) is 0. The van der Waals surface area contributed by atoms with E-state index in [2.05, 4.69) is 9.55 Å². The molecule has 0 atom stereocenters. The van der Waals surface area contributed by atoms with Crippen LogP contribution in [-0.4, -0.2) is 16.1 Å². The van der Waals surface area contributed by atoms with Crippen molar-refractivity contribution in [2.24, 2.45) is 5.73 Å². The van der Waals surface area contributed by atoms with Gasteiger partial charge in [-0.15, -0.1) is 0 Å². The molecule has 1 aliphatic carbocycles. The normalized spacial score (nSPS) is 15.6. The van der Waals surface area contributed by atoms with Gasteiger partial charge in [0.2, 0.25) is 0 Å². The van der Waals surface area contributed by atoms with Gasteiger partial charge < -0.3 is 10.3 Å². The number of benzene rings is 1. The van der Waals surface area contributed by atoms with Crippen LogP contribution in [0.4, 0.5) is 4.39 Å². The molecular weight excluding hydrogens is 217 g/mol. The smallest absolute Gasteiger partial charge is 0.125 e. The first-order valence-corrected chi connectivity index (χ1v) is 6.16. The topological polar surface area (TPSA) is 43.8 Å². The minimum atomic E-state index is -0.219. The van der Waals surface area contributed by atoms with Crippen molar-refractivity contribution in [2.75, 3.05) is 6.54 Å². The number of hydrogen-bond acceptors (Lipinski definition) is 2. The number of aromatic nitrogens is 2. The van der Waals surface area contributed by atoms with E-state index in [0.717, 1.165) is 29.7 Å². The second-order valence-electron chi connectivity index (χ2n) is 4.65. The molecule has 2 N–H and O–H groups in total. The molecule has 1 aromatic carbocycles. The van der Waals surface area contributed by atoms with Crippen LogP contribution in [0, 0.1) is 5.82 Å². The molecule has 0 bridgehead atoms. The Kier molecular flexibility index (Phi) is 2.59. The average molecular weight is 233 g/mol. The molecular formula is C13H16FN3. The predicted molar refractivity (Wildman–Crippen MR) is 65.3 cm³/mol. The predicted octanol–water partition coefficient (Wildman–Crippen LogP) is 2.40. The van der Waals surface area contributed by atoms with E-state index in [0.29, 0.717) is 12.6 Å². The Morgan fingerprint density at radius 3 is 2.94 bits per heavy atom. The van der Waals surface area contributed by atoms with Gasteiger partial charge >= 0.3 is 0 Å². The molecule has 0 spiro atoms. The van der Waals surface area contributed by atoms with E-state index in [1.54, 1.807) is 0 Å². The molecule has 0 radical (unpaired) electrons. The number of aryl methyl sites for hydroxylation is 1. The fourth-order valence-electron chi connectivity index (χ4n) is 2.30. The molecule has 0 aliphatic heterocycles. The number of hydrogen-bond donors (Lipinski definition) is 1. The molecule has 0 saturated heterocycles. The first kappa shape index (κ1) is 10.7. The van der Waals surface area contributed by atoms with Crippen molar-refractivity contribution < 1.29 is 4.39 Å². The molecule has 3 rings (SSSR count). The van der Waals surface area contributed by atoms with Gasteiger partial charge in [-0.3, -0.25) is 0 Å². The zero-order valence-corrected chi connectivity index (χ0v) is 9.69. The highest BCUT2D eigenvalue weighted by Gasteiger charge is 2.27. The summed E-state index contributed by atoms with van der Waals surface area (Å²) in [6.45, 7) is 0.669. The van der Waals surface area contributed by atoms with Crippen LogP contribution in [0.3, 0.4) is 0 Å². The Balaban J connectivity index is 2.09. The highest BCUT2D eigenvalue weighted by molar-refractivity contribution is 5.76. The monoisotopic (exact) mass is 233 g/mol. The van der Waals surface area contributed by atoms with Gasteiger partial charge in [-0.1, -0.05) is 0 Å². The molecule has 1 aliphatic rings. The Morgan fingerprint density at radius 2 is 2.24 bits per heavy atom. The van der Waals surface area contributed by atoms with Crippen LogP contribution >= 0.6 is 0 Å². The second kappa shape index (κ2) is 4.11. The van der Waals surface area contributed by atoms with E-state index in [4.69, 9.17) is 5.73 Å². The summed E-state index contributed by atoms with van der Waals surface area (Å²) in [6, 6.07) is 5.43. The third-order valence-corrected chi connectivity index (χ3v) is 3.24. The van der Waals surface area contributed by atoms with Crippen molar-refractivity contribution in [1.29, 1.82) is 0 Å². The quantitative estimate of drug-likeness (QED) is 0.881. The van der Waals surface area contributed by atoms with E-state index in [1.807, 2.05) is 6.07 Å². The summed E-state index contributed by atoms with van der Waals surface area (Å²) in [6.07, 6.45) is 4.22. The number of nitrogens with two attached hydrogens (primary N) is 1. The van der Waals surface area contributed by atoms with Gasteiger partial charge in [0.05, 0.1) is 11.0 Å². The molecule has 1 heterocycles. The summed E-state index contributed by atoms with van der Waals surface area (Å²) in [7, 11) is 0. The highest BCUT2D eigenvalue weighted by Crippen LogP contribution is 2.38. The van der Waals surface area contributed by atoms with Crippen LogP contribution < -0.4 is 5.73 Å². The van der Waals surface area contributed by atoms with Gasteiger partial charge in [0.25, 0.3) is 0 Å². The SMILES string of the molecule is NCCCc1nc2cc(F)ccc2n1C1CC1. The summed E-state index contributed by atoms with van der Waals surface area (Å²) >= 11 is 0. The van der Waals surface area contributed by atoms with Crippen molar-refractivity contribution in [2.45, 2.75) is 31.7 Å². The van der Waals surface area contributed by atoms with Crippen molar-refractivity contribution in [3.8, 4) is 0 Å². The Morgan fingerprint density at radius 1 is 1.41 bits per heavy atom. The van der Waals surface area contributed by atoms with Gasteiger partial charge in [-0.05, 0) is 37.9 Å². The van der Waals surface area contributed by atoms with E-state index >= 15 is 0 Å². The van der Waals surface area contributed by atoms with Gasteiger partial charge in [-0.2, -0.15) is 0 Å². The summed E-state index contributed by atoms with van der Waals surface area (Å²) in [5.41, 5.74) is 7.36. The molecule has 0 unspecified atom stereocenters. The molecule has 3 nitrogen and oxygen atoms in total. The lowest BCUT2D eigenvalue weighted by molar-refractivity contribution is 0.629. The van der Waals surface area contributed by atoms with Crippen LogP contribution in [0.25, 0.3) is 11.0 Å². The molecule has 4 heteroatoms. The lowest BCUT2D eigenvalue weighted by Crippen LogP contribution is -2.06. The van der Waals surface area contributed by atoms with E-state index < -0.39 is 0 Å². The molecule has 90 valence electrons. The van der Waals surface area contributed by atoms with Crippen molar-refractivity contribution >= 4 is 11.0 Å². The number of nitrogens with zero attached hydrogens (tertiary/aromatic N) is 2. The third kappa shape index (κ3) is 1.93. The summed E-state index contributed by atoms with van der Waals surface area (Å²) in [5.74, 6) is 0.835. The molecule has 17 heavy (non-hydrogen) atoms. The number of imidazole rings is 1. The van der Waals surface area contributed by atoms with Gasteiger partial charge in [0.1, 0.15) is 11.6 Å². The van der Waals surface area contributed by atoms with Crippen molar-refractivity contribution in [3.05, 3.63) is 29.8 Å². The van der Waals surface area contributed by atoms with Crippen LogP contribution in [0.5, 0.6) is 0 Å². The summed E-state index contributed by atoms with van der Waals surface area (Å²) < 4.78 is 15.4. The lowest BCUT2D eigenvalue weighted by Gasteiger charge is -2.06. The number of rotatable bonds is 4. The minimum absolute atomic E-state index is 0.219. The zero-order valence-electron chi connectivity index (χ0n) is 9.69. The van der Waals surface area contributed by atoms with Gasteiger partial charge in [0.15, 0.2) is 0 Å². The average Bonchev–Trinajstić information content (AvgIpc) is 3.08. The maximum atomic E-state index is 13.2. The second-order valence-corrected chi connectivity index (χ2v) is 4.65. The Hall–Kier alpha value is -1.42. The fourth-order valence-corrected chi connectivity index (χ4v) is 2.30. The highest BCUT2D eigenvalue weighted by atomic mass is 19.1. The maximum absolute atomic E-state index is 13.2. The standard InChI is InChI=1S/C13H16FN3/c14-9-3-6-12-11(8-9)16-13(2-1-7-15)17(12)10-4-5-10/h3,6,8,10H,1-2,4-5,7,15H2. The lowest BCUT2D eigenvalue weighted by atomic mass is 10.3. The first-order valence-electron chi connectivity index (χ1n) is 6.16. The number of fused-ring (bicyclic) bond motifs is 1. The molecule has 0 amide bonds. The van der Waals surface area contributed by atoms with Crippen molar-refractivity contribution in [3.63, 3.8) is 0 Å². The first-order chi connectivity index (χ1) is 8.29. The zero-order chi connectivity index (χ0) is 11.8. The van der Waals surface area contributed by atoms with Gasteiger partial charge in [-0.25, -0.2) is 9.37 Å². The largest absolute Gasteiger partial charge is 0.330 e. The molecule has 2 aromatic rings. The number of halogens is 1.